The van der Waals surface area contributed by atoms with Crippen LogP contribution in [0.2, 0.25) is 0 Å². The zero-order chi connectivity index (χ0) is 17.9. The highest BCUT2D eigenvalue weighted by molar-refractivity contribution is 5.79. The maximum atomic E-state index is 12.5. The first-order chi connectivity index (χ1) is 12.7. The Bertz CT molecular complexity index is 787. The topological polar surface area (TPSA) is 64.1 Å². The Kier molecular flexibility index (Phi) is 4.87. The van der Waals surface area contributed by atoms with E-state index in [2.05, 4.69) is 10.3 Å². The average Bonchev–Trinajstić information content (AvgIpc) is 3.49. The Morgan fingerprint density at radius 2 is 1.88 bits per heavy atom. The summed E-state index contributed by atoms with van der Waals surface area (Å²) in [7, 11) is 0. The molecule has 1 aromatic carbocycles. The van der Waals surface area contributed by atoms with Gasteiger partial charge in [-0.05, 0) is 45.4 Å². The van der Waals surface area contributed by atoms with Gasteiger partial charge in [0.05, 0.1) is 12.3 Å². The number of carbonyl (C=O) groups excluding carboxylic acids is 1. The summed E-state index contributed by atoms with van der Waals surface area (Å²) in [5.74, 6) is 1.64. The molecule has 1 saturated carbocycles. The minimum Gasteiger partial charge on any atom is -0.478 e. The monoisotopic (exact) mass is 351 g/mol. The van der Waals surface area contributed by atoms with E-state index in [1.165, 1.54) is 0 Å². The molecule has 2 aliphatic rings. The predicted molar refractivity (Wildman–Crippen MR) is 99.9 cm³/mol. The molecule has 1 aromatic heterocycles. The average molecular weight is 351 g/mol. The van der Waals surface area contributed by atoms with Gasteiger partial charge in [-0.1, -0.05) is 30.3 Å². The van der Waals surface area contributed by atoms with Gasteiger partial charge in [0.2, 0.25) is 11.8 Å². The van der Waals surface area contributed by atoms with Crippen molar-refractivity contribution in [3.8, 4) is 17.3 Å². The van der Waals surface area contributed by atoms with Crippen LogP contribution in [0.4, 0.5) is 0 Å². The van der Waals surface area contributed by atoms with Gasteiger partial charge in [0.1, 0.15) is 0 Å². The summed E-state index contributed by atoms with van der Waals surface area (Å²) in [6, 6.07) is 10.4. The van der Waals surface area contributed by atoms with Crippen molar-refractivity contribution in [2.24, 2.45) is 5.92 Å². The minimum absolute atomic E-state index is 0.0550. The highest BCUT2D eigenvalue weighted by atomic mass is 16.5. The molecule has 0 saturated heterocycles. The van der Waals surface area contributed by atoms with Gasteiger partial charge >= 0.3 is 0 Å². The van der Waals surface area contributed by atoms with Gasteiger partial charge in [-0.15, -0.1) is 0 Å². The molecular weight excluding hydrogens is 326 g/mol. The number of hydrogen-bond acceptors (Lipinski definition) is 4. The van der Waals surface area contributed by atoms with Crippen LogP contribution in [0.25, 0.3) is 11.4 Å². The Morgan fingerprint density at radius 1 is 1.12 bits per heavy atom. The van der Waals surface area contributed by atoms with Gasteiger partial charge in [-0.2, -0.15) is 4.98 Å². The highest BCUT2D eigenvalue weighted by Gasteiger charge is 2.30. The number of hydrogen-bond donors (Lipinski definition) is 1. The highest BCUT2D eigenvalue weighted by Crippen LogP contribution is 2.32. The lowest BCUT2D eigenvalue weighted by molar-refractivity contribution is -0.125. The van der Waals surface area contributed by atoms with Gasteiger partial charge < -0.3 is 10.1 Å². The lowest BCUT2D eigenvalue weighted by atomic mass is 9.99. The Labute approximate surface area is 154 Å². The summed E-state index contributed by atoms with van der Waals surface area (Å²) in [5, 5.41) is 3.15. The fourth-order valence-corrected chi connectivity index (χ4v) is 3.52. The predicted octanol–water partition coefficient (Wildman–Crippen LogP) is 3.32. The number of rotatable bonds is 5. The van der Waals surface area contributed by atoms with Crippen LogP contribution in [0.3, 0.4) is 0 Å². The second-order valence-electron chi connectivity index (χ2n) is 7.13. The third kappa shape index (κ3) is 3.71. The van der Waals surface area contributed by atoms with Gasteiger partial charge in [0.25, 0.3) is 0 Å². The van der Waals surface area contributed by atoms with Crippen LogP contribution in [0.5, 0.6) is 5.88 Å². The number of carbonyl (C=O) groups is 1. The number of benzene rings is 1. The molecule has 26 heavy (non-hydrogen) atoms. The molecule has 1 heterocycles. The largest absolute Gasteiger partial charge is 0.478 e. The summed E-state index contributed by atoms with van der Waals surface area (Å²) in [6.45, 7) is 2.54. The molecule has 0 radical (unpaired) electrons. The van der Waals surface area contributed by atoms with E-state index in [1.807, 2.05) is 37.3 Å². The Hall–Kier alpha value is -2.43. The normalized spacial score (nSPS) is 19.3. The lowest BCUT2D eigenvalue weighted by Crippen LogP contribution is -2.32. The summed E-state index contributed by atoms with van der Waals surface area (Å²) in [4.78, 5) is 22.0. The molecule has 2 aromatic rings. The molecule has 1 amide bonds. The molecule has 1 N–H and O–H groups in total. The number of amides is 1. The van der Waals surface area contributed by atoms with E-state index < -0.39 is 0 Å². The van der Waals surface area contributed by atoms with Crippen LogP contribution >= 0.6 is 0 Å². The summed E-state index contributed by atoms with van der Waals surface area (Å²) in [6.07, 6.45) is 5.50. The number of fused-ring (bicyclic) bond motifs is 1. The van der Waals surface area contributed by atoms with Crippen molar-refractivity contribution in [2.45, 2.75) is 51.5 Å². The van der Waals surface area contributed by atoms with Gasteiger partial charge in [-0.3, -0.25) is 4.79 Å². The summed E-state index contributed by atoms with van der Waals surface area (Å²) >= 11 is 0. The van der Waals surface area contributed by atoms with Crippen molar-refractivity contribution >= 4 is 5.91 Å². The molecule has 0 aliphatic heterocycles. The lowest BCUT2D eigenvalue weighted by Gasteiger charge is -2.13. The van der Waals surface area contributed by atoms with E-state index in [0.717, 1.165) is 55.3 Å². The number of aryl methyl sites for hydroxylation is 1. The molecule has 5 nitrogen and oxygen atoms in total. The molecule has 1 fully saturated rings. The quantitative estimate of drug-likeness (QED) is 0.840. The van der Waals surface area contributed by atoms with E-state index in [-0.39, 0.29) is 11.8 Å². The standard InChI is InChI=1S/C21H25N3O2/c1-2-26-21-17-12-8-15(20(25)22-16-10-11-16)9-13-18(17)23-19(24-21)14-6-4-3-5-7-14/h3-7,15-16H,2,8-13H2,1H3,(H,22,25). The molecule has 1 atom stereocenters. The third-order valence-electron chi connectivity index (χ3n) is 5.13. The van der Waals surface area contributed by atoms with Crippen LogP contribution in [-0.4, -0.2) is 28.5 Å². The van der Waals surface area contributed by atoms with Crippen LogP contribution in [0.15, 0.2) is 30.3 Å². The first-order valence-electron chi connectivity index (χ1n) is 9.63. The van der Waals surface area contributed by atoms with Crippen molar-refractivity contribution < 1.29 is 9.53 Å². The zero-order valence-corrected chi connectivity index (χ0v) is 15.2. The number of nitrogens with one attached hydrogen (secondary N) is 1. The van der Waals surface area contributed by atoms with E-state index in [9.17, 15) is 4.79 Å². The SMILES string of the molecule is CCOc1nc(-c2ccccc2)nc2c1CCC(C(=O)NC1CC1)CC2. The van der Waals surface area contributed by atoms with Crippen molar-refractivity contribution in [3.63, 3.8) is 0 Å². The fraction of sp³-hybridized carbons (Fsp3) is 0.476. The number of nitrogens with zero attached hydrogens (tertiary/aromatic N) is 2. The van der Waals surface area contributed by atoms with Crippen LogP contribution in [-0.2, 0) is 17.6 Å². The molecule has 2 aliphatic carbocycles. The van der Waals surface area contributed by atoms with E-state index in [1.54, 1.807) is 0 Å². The van der Waals surface area contributed by atoms with E-state index >= 15 is 0 Å². The van der Waals surface area contributed by atoms with Gasteiger partial charge in [-0.25, -0.2) is 4.98 Å². The van der Waals surface area contributed by atoms with Crippen molar-refractivity contribution in [1.82, 2.24) is 15.3 Å². The molecule has 136 valence electrons. The minimum atomic E-state index is 0.0550. The second kappa shape index (κ2) is 7.44. The van der Waals surface area contributed by atoms with E-state index in [0.29, 0.717) is 24.4 Å². The van der Waals surface area contributed by atoms with Crippen molar-refractivity contribution in [1.29, 1.82) is 0 Å². The van der Waals surface area contributed by atoms with Crippen molar-refractivity contribution in [3.05, 3.63) is 41.6 Å². The Morgan fingerprint density at radius 3 is 2.62 bits per heavy atom. The third-order valence-corrected chi connectivity index (χ3v) is 5.13. The van der Waals surface area contributed by atoms with Crippen LogP contribution in [0.1, 0.15) is 43.9 Å². The molecule has 4 rings (SSSR count). The van der Waals surface area contributed by atoms with Crippen LogP contribution < -0.4 is 10.1 Å². The molecule has 1 unspecified atom stereocenters. The number of ether oxygens (including phenoxy) is 1. The first-order valence-corrected chi connectivity index (χ1v) is 9.63. The molecule has 5 heteroatoms. The summed E-state index contributed by atoms with van der Waals surface area (Å²) in [5.41, 5.74) is 3.10. The zero-order valence-electron chi connectivity index (χ0n) is 15.2. The summed E-state index contributed by atoms with van der Waals surface area (Å²) < 4.78 is 5.84. The first kappa shape index (κ1) is 17.0. The van der Waals surface area contributed by atoms with Crippen molar-refractivity contribution in [2.75, 3.05) is 6.61 Å². The van der Waals surface area contributed by atoms with E-state index in [4.69, 9.17) is 9.72 Å². The molecule has 0 spiro atoms. The molecule has 0 bridgehead atoms. The second-order valence-corrected chi connectivity index (χ2v) is 7.13. The Balaban J connectivity index is 1.61. The van der Waals surface area contributed by atoms with Crippen LogP contribution in [0, 0.1) is 5.92 Å². The molecular formula is C21H25N3O2. The van der Waals surface area contributed by atoms with Gasteiger partial charge in [0.15, 0.2) is 5.82 Å². The smallest absolute Gasteiger partial charge is 0.223 e. The maximum absolute atomic E-state index is 12.5. The maximum Gasteiger partial charge on any atom is 0.223 e. The number of aromatic nitrogens is 2. The fourth-order valence-electron chi connectivity index (χ4n) is 3.52. The van der Waals surface area contributed by atoms with Gasteiger partial charge in [0, 0.05) is 23.1 Å².